The van der Waals surface area contributed by atoms with E-state index in [1.54, 1.807) is 0 Å². The highest BCUT2D eigenvalue weighted by Crippen LogP contribution is 2.30. The Bertz CT molecular complexity index is 467. The van der Waals surface area contributed by atoms with Gasteiger partial charge in [-0.25, -0.2) is 0 Å². The van der Waals surface area contributed by atoms with Gasteiger partial charge >= 0.3 is 0 Å². The van der Waals surface area contributed by atoms with E-state index in [9.17, 15) is 4.79 Å². The van der Waals surface area contributed by atoms with Crippen LogP contribution >= 0.6 is 0 Å². The summed E-state index contributed by atoms with van der Waals surface area (Å²) in [7, 11) is 2.14. The Morgan fingerprint density at radius 2 is 1.85 bits per heavy atom. The van der Waals surface area contributed by atoms with Crippen LogP contribution in [0.15, 0.2) is 30.3 Å². The predicted molar refractivity (Wildman–Crippen MR) is 77.8 cm³/mol. The number of likely N-dealkylation sites (tertiary alicyclic amines) is 1. The van der Waals surface area contributed by atoms with Gasteiger partial charge in [-0.2, -0.15) is 0 Å². The van der Waals surface area contributed by atoms with Crippen LogP contribution in [-0.2, 0) is 4.74 Å². The fourth-order valence-corrected chi connectivity index (χ4v) is 3.22. The lowest BCUT2D eigenvalue weighted by Gasteiger charge is -2.46. The molecule has 2 aliphatic rings. The first kappa shape index (κ1) is 13.6. The van der Waals surface area contributed by atoms with Gasteiger partial charge < -0.3 is 14.5 Å². The summed E-state index contributed by atoms with van der Waals surface area (Å²) < 4.78 is 6.03. The summed E-state index contributed by atoms with van der Waals surface area (Å²) in [6.45, 7) is 4.39. The van der Waals surface area contributed by atoms with Gasteiger partial charge in [-0.15, -0.1) is 0 Å². The molecular weight excluding hydrogens is 252 g/mol. The number of ether oxygens (including phenoxy) is 1. The smallest absolute Gasteiger partial charge is 0.253 e. The molecule has 2 heterocycles. The van der Waals surface area contributed by atoms with Gasteiger partial charge in [-0.1, -0.05) is 18.2 Å². The number of carbonyl (C=O) groups is 1. The van der Waals surface area contributed by atoms with Gasteiger partial charge in [0.05, 0.1) is 12.2 Å². The van der Waals surface area contributed by atoms with Crippen LogP contribution in [0.2, 0.25) is 0 Å². The number of benzene rings is 1. The molecule has 0 aromatic heterocycles. The molecule has 2 fully saturated rings. The summed E-state index contributed by atoms with van der Waals surface area (Å²) in [6.07, 6.45) is 1.88. The number of morpholine rings is 1. The molecule has 0 aliphatic carbocycles. The third-order valence-electron chi connectivity index (χ3n) is 4.42. The van der Waals surface area contributed by atoms with E-state index >= 15 is 0 Å². The lowest BCUT2D eigenvalue weighted by Crippen LogP contribution is -2.56. The second-order valence-corrected chi connectivity index (χ2v) is 5.93. The molecule has 1 aromatic rings. The summed E-state index contributed by atoms with van der Waals surface area (Å²) in [4.78, 5) is 16.7. The van der Waals surface area contributed by atoms with Crippen LogP contribution in [0.4, 0.5) is 0 Å². The second kappa shape index (κ2) is 5.54. The van der Waals surface area contributed by atoms with Crippen LogP contribution in [0.1, 0.15) is 23.2 Å². The van der Waals surface area contributed by atoms with Gasteiger partial charge in [-0.05, 0) is 32.0 Å². The van der Waals surface area contributed by atoms with Crippen molar-refractivity contribution in [3.8, 4) is 0 Å². The third-order valence-corrected chi connectivity index (χ3v) is 4.42. The molecule has 1 spiro atoms. The Labute approximate surface area is 120 Å². The number of hydrogen-bond acceptors (Lipinski definition) is 3. The van der Waals surface area contributed by atoms with Crippen molar-refractivity contribution in [1.82, 2.24) is 9.80 Å². The van der Waals surface area contributed by atoms with Gasteiger partial charge in [0.1, 0.15) is 0 Å². The zero-order valence-corrected chi connectivity index (χ0v) is 12.0. The Kier molecular flexibility index (Phi) is 3.76. The molecule has 0 saturated carbocycles. The van der Waals surface area contributed by atoms with Gasteiger partial charge in [0.15, 0.2) is 0 Å². The average molecular weight is 274 g/mol. The second-order valence-electron chi connectivity index (χ2n) is 5.93. The first-order valence-corrected chi connectivity index (χ1v) is 7.35. The zero-order valence-electron chi connectivity index (χ0n) is 12.0. The van der Waals surface area contributed by atoms with Crippen LogP contribution in [-0.4, -0.2) is 61.1 Å². The molecule has 0 N–H and O–H groups in total. The zero-order chi connectivity index (χ0) is 14.0. The summed E-state index contributed by atoms with van der Waals surface area (Å²) >= 11 is 0. The van der Waals surface area contributed by atoms with Crippen LogP contribution in [0.5, 0.6) is 0 Å². The minimum absolute atomic E-state index is 0.0273. The fraction of sp³-hybridized carbons (Fsp3) is 0.562. The van der Waals surface area contributed by atoms with E-state index in [1.807, 2.05) is 35.2 Å². The van der Waals surface area contributed by atoms with Crippen LogP contribution in [0.25, 0.3) is 0 Å². The Balaban J connectivity index is 1.62. The summed E-state index contributed by atoms with van der Waals surface area (Å²) in [5.74, 6) is 0.143. The highest BCUT2D eigenvalue weighted by molar-refractivity contribution is 5.94. The SMILES string of the molecule is CN1CCOC2(CCN(C(=O)c3ccccc3)CC2)C1. The summed E-state index contributed by atoms with van der Waals surface area (Å²) in [6, 6.07) is 9.54. The monoisotopic (exact) mass is 274 g/mol. The number of carbonyl (C=O) groups excluding carboxylic acids is 1. The molecule has 4 heteroatoms. The minimum atomic E-state index is -0.0273. The normalized spacial score (nSPS) is 22.9. The maximum atomic E-state index is 12.4. The van der Waals surface area contributed by atoms with E-state index in [2.05, 4.69) is 11.9 Å². The molecule has 20 heavy (non-hydrogen) atoms. The Morgan fingerprint density at radius 3 is 2.50 bits per heavy atom. The van der Waals surface area contributed by atoms with Gasteiger partial charge in [0.2, 0.25) is 0 Å². The average Bonchev–Trinajstić information content (AvgIpc) is 2.48. The Morgan fingerprint density at radius 1 is 1.15 bits per heavy atom. The van der Waals surface area contributed by atoms with Gasteiger partial charge in [0, 0.05) is 31.7 Å². The van der Waals surface area contributed by atoms with Crippen molar-refractivity contribution in [1.29, 1.82) is 0 Å². The highest BCUT2D eigenvalue weighted by atomic mass is 16.5. The van der Waals surface area contributed by atoms with E-state index in [-0.39, 0.29) is 11.5 Å². The molecule has 108 valence electrons. The molecule has 0 unspecified atom stereocenters. The van der Waals surface area contributed by atoms with E-state index in [4.69, 9.17) is 4.74 Å². The molecule has 0 bridgehead atoms. The number of amides is 1. The maximum absolute atomic E-state index is 12.4. The van der Waals surface area contributed by atoms with E-state index in [1.165, 1.54) is 0 Å². The number of rotatable bonds is 1. The molecule has 2 aliphatic heterocycles. The molecule has 3 rings (SSSR count). The van der Waals surface area contributed by atoms with Gasteiger partial charge in [-0.3, -0.25) is 4.79 Å². The van der Waals surface area contributed by atoms with Crippen LogP contribution in [0, 0.1) is 0 Å². The topological polar surface area (TPSA) is 32.8 Å². The van der Waals surface area contributed by atoms with Crippen LogP contribution < -0.4 is 0 Å². The van der Waals surface area contributed by atoms with Crippen molar-refractivity contribution in [3.05, 3.63) is 35.9 Å². The minimum Gasteiger partial charge on any atom is -0.372 e. The molecule has 1 aromatic carbocycles. The van der Waals surface area contributed by atoms with Crippen molar-refractivity contribution < 1.29 is 9.53 Å². The van der Waals surface area contributed by atoms with Crippen molar-refractivity contribution in [2.24, 2.45) is 0 Å². The molecule has 2 saturated heterocycles. The standard InChI is InChI=1S/C16H22N2O2/c1-17-11-12-20-16(13-17)7-9-18(10-8-16)15(19)14-5-3-2-4-6-14/h2-6H,7-13H2,1H3. The lowest BCUT2D eigenvalue weighted by molar-refractivity contribution is -0.127. The Hall–Kier alpha value is -1.39. The molecule has 1 amide bonds. The van der Waals surface area contributed by atoms with Gasteiger partial charge in [0.25, 0.3) is 5.91 Å². The number of piperidine rings is 1. The molecule has 0 radical (unpaired) electrons. The summed E-state index contributed by atoms with van der Waals surface area (Å²) in [5.41, 5.74) is 0.755. The summed E-state index contributed by atoms with van der Waals surface area (Å²) in [5, 5.41) is 0. The van der Waals surface area contributed by atoms with Crippen molar-refractivity contribution in [3.63, 3.8) is 0 Å². The maximum Gasteiger partial charge on any atom is 0.253 e. The quantitative estimate of drug-likeness (QED) is 0.780. The number of hydrogen-bond donors (Lipinski definition) is 0. The van der Waals surface area contributed by atoms with E-state index in [0.717, 1.165) is 51.2 Å². The largest absolute Gasteiger partial charge is 0.372 e. The van der Waals surface area contributed by atoms with Crippen LogP contribution in [0.3, 0.4) is 0 Å². The molecule has 4 nitrogen and oxygen atoms in total. The van der Waals surface area contributed by atoms with Crippen molar-refractivity contribution in [2.75, 3.05) is 39.8 Å². The first-order valence-electron chi connectivity index (χ1n) is 7.35. The molecular formula is C16H22N2O2. The number of likely N-dealkylation sites (N-methyl/N-ethyl adjacent to an activating group) is 1. The van der Waals surface area contributed by atoms with Crippen molar-refractivity contribution >= 4 is 5.91 Å². The van der Waals surface area contributed by atoms with E-state index in [0.29, 0.717) is 0 Å². The lowest BCUT2D eigenvalue weighted by atomic mass is 9.89. The number of nitrogens with zero attached hydrogens (tertiary/aromatic N) is 2. The highest BCUT2D eigenvalue weighted by Gasteiger charge is 2.39. The van der Waals surface area contributed by atoms with Crippen molar-refractivity contribution in [2.45, 2.75) is 18.4 Å². The predicted octanol–water partition coefficient (Wildman–Crippen LogP) is 1.62. The fourth-order valence-electron chi connectivity index (χ4n) is 3.22. The first-order chi connectivity index (χ1) is 9.69. The molecule has 0 atom stereocenters. The third kappa shape index (κ3) is 2.72. The van der Waals surface area contributed by atoms with E-state index < -0.39 is 0 Å².